The van der Waals surface area contributed by atoms with Crippen molar-refractivity contribution in [2.75, 3.05) is 13.1 Å². The minimum Gasteiger partial charge on any atom is -0.330 e. The Morgan fingerprint density at radius 3 is 2.89 bits per heavy atom. The van der Waals surface area contributed by atoms with Crippen molar-refractivity contribution in [1.82, 2.24) is 14.1 Å². The summed E-state index contributed by atoms with van der Waals surface area (Å²) in [6.45, 7) is 0.869. The zero-order valence-corrected chi connectivity index (χ0v) is 11.8. The maximum atomic E-state index is 12.2. The van der Waals surface area contributed by atoms with E-state index in [2.05, 4.69) is 9.71 Å². The van der Waals surface area contributed by atoms with Crippen molar-refractivity contribution in [1.29, 1.82) is 0 Å². The SMILES string of the molecule is NCCCCNS(=O)(=O)c1c(Cl)nc2ccccn12. The maximum Gasteiger partial charge on any atom is 0.259 e. The van der Waals surface area contributed by atoms with Gasteiger partial charge in [-0.25, -0.2) is 18.1 Å². The van der Waals surface area contributed by atoms with Crippen LogP contribution in [0, 0.1) is 0 Å². The predicted molar refractivity (Wildman–Crippen MR) is 73.7 cm³/mol. The molecule has 0 aliphatic rings. The molecule has 0 aliphatic heterocycles. The van der Waals surface area contributed by atoms with E-state index in [4.69, 9.17) is 17.3 Å². The topological polar surface area (TPSA) is 89.5 Å². The van der Waals surface area contributed by atoms with Gasteiger partial charge in [0.1, 0.15) is 5.65 Å². The Labute approximate surface area is 116 Å². The van der Waals surface area contributed by atoms with Gasteiger partial charge in [-0.05, 0) is 31.5 Å². The summed E-state index contributed by atoms with van der Waals surface area (Å²) < 4.78 is 28.4. The molecule has 2 aromatic rings. The summed E-state index contributed by atoms with van der Waals surface area (Å²) in [6, 6.07) is 5.18. The number of aromatic nitrogens is 2. The molecule has 0 atom stereocenters. The molecule has 0 fully saturated rings. The molecule has 0 saturated heterocycles. The average Bonchev–Trinajstić information content (AvgIpc) is 2.71. The van der Waals surface area contributed by atoms with Crippen molar-refractivity contribution in [2.45, 2.75) is 17.9 Å². The van der Waals surface area contributed by atoms with E-state index in [-0.39, 0.29) is 10.2 Å². The van der Waals surface area contributed by atoms with Gasteiger partial charge in [0.2, 0.25) is 0 Å². The quantitative estimate of drug-likeness (QED) is 0.779. The smallest absolute Gasteiger partial charge is 0.259 e. The first kappa shape index (κ1) is 14.3. The Bertz CT molecular complexity index is 668. The molecule has 8 heteroatoms. The number of nitrogens with zero attached hydrogens (tertiary/aromatic N) is 2. The fraction of sp³-hybridized carbons (Fsp3) is 0.364. The molecule has 0 aliphatic carbocycles. The number of hydrogen-bond donors (Lipinski definition) is 2. The highest BCUT2D eigenvalue weighted by Gasteiger charge is 2.23. The van der Waals surface area contributed by atoms with E-state index in [1.807, 2.05) is 0 Å². The van der Waals surface area contributed by atoms with E-state index in [1.54, 1.807) is 24.4 Å². The lowest BCUT2D eigenvalue weighted by molar-refractivity contribution is 0.572. The first-order chi connectivity index (χ1) is 9.06. The van der Waals surface area contributed by atoms with Crippen molar-refractivity contribution >= 4 is 27.3 Å². The minimum atomic E-state index is -3.68. The van der Waals surface area contributed by atoms with E-state index in [1.165, 1.54) is 4.40 Å². The Balaban J connectivity index is 2.30. The summed E-state index contributed by atoms with van der Waals surface area (Å²) in [4.78, 5) is 4.01. The molecule has 0 aromatic carbocycles. The second kappa shape index (κ2) is 5.87. The largest absolute Gasteiger partial charge is 0.330 e. The van der Waals surface area contributed by atoms with Crippen LogP contribution >= 0.6 is 11.6 Å². The molecule has 0 radical (unpaired) electrons. The van der Waals surface area contributed by atoms with Gasteiger partial charge < -0.3 is 5.73 Å². The number of rotatable bonds is 6. The fourth-order valence-corrected chi connectivity index (χ4v) is 3.44. The van der Waals surface area contributed by atoms with E-state index in [0.717, 1.165) is 6.42 Å². The van der Waals surface area contributed by atoms with Gasteiger partial charge in [0.05, 0.1) is 0 Å². The molecule has 104 valence electrons. The Kier molecular flexibility index (Phi) is 4.41. The van der Waals surface area contributed by atoms with Crippen molar-refractivity contribution in [3.63, 3.8) is 0 Å². The van der Waals surface area contributed by atoms with Crippen LogP contribution in [0.5, 0.6) is 0 Å². The Morgan fingerprint density at radius 1 is 1.37 bits per heavy atom. The van der Waals surface area contributed by atoms with Gasteiger partial charge in [-0.15, -0.1) is 0 Å². The summed E-state index contributed by atoms with van der Waals surface area (Å²) in [7, 11) is -3.68. The third-order valence-corrected chi connectivity index (χ3v) is 4.48. The van der Waals surface area contributed by atoms with Gasteiger partial charge >= 0.3 is 0 Å². The lowest BCUT2D eigenvalue weighted by atomic mass is 10.3. The zero-order chi connectivity index (χ0) is 13.9. The van der Waals surface area contributed by atoms with Crippen LogP contribution in [0.1, 0.15) is 12.8 Å². The normalized spacial score (nSPS) is 12.1. The number of imidazole rings is 1. The second-order valence-electron chi connectivity index (χ2n) is 4.03. The molecule has 0 amide bonds. The minimum absolute atomic E-state index is 0.0301. The van der Waals surface area contributed by atoms with E-state index < -0.39 is 10.0 Å². The lowest BCUT2D eigenvalue weighted by Crippen LogP contribution is -2.26. The highest BCUT2D eigenvalue weighted by molar-refractivity contribution is 7.89. The molecule has 2 heterocycles. The highest BCUT2D eigenvalue weighted by Crippen LogP contribution is 2.22. The summed E-state index contributed by atoms with van der Waals surface area (Å²) in [5.74, 6) is 0. The van der Waals surface area contributed by atoms with Gasteiger partial charge in [-0.2, -0.15) is 0 Å². The standard InChI is InChI=1S/C11H15ClN4O2S/c12-10-11(16-8-4-1-5-9(16)15-10)19(17,18)14-7-3-2-6-13/h1,4-5,8,14H,2-3,6-7,13H2. The zero-order valence-electron chi connectivity index (χ0n) is 10.2. The van der Waals surface area contributed by atoms with Crippen molar-refractivity contribution in [3.8, 4) is 0 Å². The monoisotopic (exact) mass is 302 g/mol. The van der Waals surface area contributed by atoms with Gasteiger partial charge in [0.25, 0.3) is 10.0 Å². The van der Waals surface area contributed by atoms with Crippen LogP contribution in [-0.2, 0) is 10.0 Å². The van der Waals surface area contributed by atoms with E-state index >= 15 is 0 Å². The van der Waals surface area contributed by atoms with Crippen molar-refractivity contribution < 1.29 is 8.42 Å². The molecule has 0 saturated carbocycles. The maximum absolute atomic E-state index is 12.2. The Hall–Kier alpha value is -1.15. The molecular weight excluding hydrogens is 288 g/mol. The van der Waals surface area contributed by atoms with E-state index in [9.17, 15) is 8.42 Å². The molecule has 2 rings (SSSR count). The van der Waals surface area contributed by atoms with Gasteiger partial charge in [-0.1, -0.05) is 17.7 Å². The van der Waals surface area contributed by atoms with Crippen LogP contribution in [0.25, 0.3) is 5.65 Å². The van der Waals surface area contributed by atoms with Gasteiger partial charge in [0.15, 0.2) is 10.2 Å². The van der Waals surface area contributed by atoms with Crippen LogP contribution in [0.2, 0.25) is 5.15 Å². The second-order valence-corrected chi connectivity index (χ2v) is 6.07. The van der Waals surface area contributed by atoms with Crippen LogP contribution in [-0.4, -0.2) is 30.9 Å². The summed E-state index contributed by atoms with van der Waals surface area (Å²) in [5.41, 5.74) is 5.85. The predicted octanol–water partition coefficient (Wildman–Crippen LogP) is 1.00. The van der Waals surface area contributed by atoms with Crippen LogP contribution in [0.15, 0.2) is 29.4 Å². The van der Waals surface area contributed by atoms with Crippen molar-refractivity contribution in [2.24, 2.45) is 5.73 Å². The molecule has 2 aromatic heterocycles. The molecule has 19 heavy (non-hydrogen) atoms. The lowest BCUT2D eigenvalue weighted by Gasteiger charge is -2.06. The number of fused-ring (bicyclic) bond motifs is 1. The number of pyridine rings is 1. The molecule has 0 unspecified atom stereocenters. The number of sulfonamides is 1. The summed E-state index contributed by atoms with van der Waals surface area (Å²) in [5, 5.41) is -0.0601. The number of hydrogen-bond acceptors (Lipinski definition) is 4. The molecule has 0 spiro atoms. The first-order valence-electron chi connectivity index (χ1n) is 5.88. The summed E-state index contributed by atoms with van der Waals surface area (Å²) >= 11 is 5.92. The third kappa shape index (κ3) is 3.06. The number of halogens is 1. The first-order valence-corrected chi connectivity index (χ1v) is 7.74. The average molecular weight is 303 g/mol. The molecule has 0 bridgehead atoms. The Morgan fingerprint density at radius 2 is 2.16 bits per heavy atom. The van der Waals surface area contributed by atoms with Gasteiger partial charge in [0, 0.05) is 12.7 Å². The van der Waals surface area contributed by atoms with E-state index in [0.29, 0.717) is 25.2 Å². The molecule has 3 N–H and O–H groups in total. The molecule has 6 nitrogen and oxygen atoms in total. The number of unbranched alkanes of at least 4 members (excludes halogenated alkanes) is 1. The fourth-order valence-electron chi connectivity index (χ4n) is 1.73. The van der Waals surface area contributed by atoms with Crippen LogP contribution < -0.4 is 10.5 Å². The highest BCUT2D eigenvalue weighted by atomic mass is 35.5. The van der Waals surface area contributed by atoms with Crippen molar-refractivity contribution in [3.05, 3.63) is 29.5 Å². The van der Waals surface area contributed by atoms with Gasteiger partial charge in [-0.3, -0.25) is 4.40 Å². The van der Waals surface area contributed by atoms with Crippen LogP contribution in [0.3, 0.4) is 0 Å². The molecular formula is C11H15ClN4O2S. The number of nitrogens with one attached hydrogen (secondary N) is 1. The number of nitrogens with two attached hydrogens (primary N) is 1. The van der Waals surface area contributed by atoms with Crippen LogP contribution in [0.4, 0.5) is 0 Å². The summed E-state index contributed by atoms with van der Waals surface area (Å²) in [6.07, 6.45) is 3.07. The third-order valence-electron chi connectivity index (χ3n) is 2.62.